The van der Waals surface area contributed by atoms with Gasteiger partial charge in [0.2, 0.25) is 10.0 Å². The summed E-state index contributed by atoms with van der Waals surface area (Å²) in [7, 11) is -2.10. The van der Waals surface area contributed by atoms with Crippen molar-refractivity contribution in [2.24, 2.45) is 0 Å². The van der Waals surface area contributed by atoms with E-state index in [-0.39, 0.29) is 4.90 Å². The molecule has 5 nitrogen and oxygen atoms in total. The molecule has 0 spiro atoms. The number of rotatable bonds is 5. The highest BCUT2D eigenvalue weighted by Crippen LogP contribution is 2.23. The molecule has 0 radical (unpaired) electrons. The molecule has 0 bridgehead atoms. The van der Waals surface area contributed by atoms with Crippen molar-refractivity contribution in [1.82, 2.24) is 4.72 Å². The van der Waals surface area contributed by atoms with E-state index in [4.69, 9.17) is 5.73 Å². The second-order valence-electron chi connectivity index (χ2n) is 3.39. The smallest absolute Gasteiger partial charge is 0.242 e. The highest BCUT2D eigenvalue weighted by molar-refractivity contribution is 7.89. The number of sulfonamides is 1. The first-order valence-corrected chi connectivity index (χ1v) is 6.56. The van der Waals surface area contributed by atoms with Gasteiger partial charge in [-0.15, -0.1) is 0 Å². The Morgan fingerprint density at radius 3 is 2.62 bits per heavy atom. The third kappa shape index (κ3) is 2.86. The lowest BCUT2D eigenvalue weighted by atomic mass is 10.3. The zero-order chi connectivity index (χ0) is 12.2. The van der Waals surface area contributed by atoms with Gasteiger partial charge in [0.05, 0.1) is 5.69 Å². The summed E-state index contributed by atoms with van der Waals surface area (Å²) in [6.45, 7) is 2.73. The molecule has 4 N–H and O–H groups in total. The third-order valence-corrected chi connectivity index (χ3v) is 3.58. The van der Waals surface area contributed by atoms with E-state index in [1.807, 2.05) is 6.92 Å². The molecule has 1 rings (SSSR count). The van der Waals surface area contributed by atoms with Gasteiger partial charge in [-0.25, -0.2) is 13.1 Å². The fourth-order valence-corrected chi connectivity index (χ4v) is 2.22. The van der Waals surface area contributed by atoms with Gasteiger partial charge < -0.3 is 11.1 Å². The average molecular weight is 243 g/mol. The predicted molar refractivity (Wildman–Crippen MR) is 65.9 cm³/mol. The van der Waals surface area contributed by atoms with Gasteiger partial charge in [0, 0.05) is 12.2 Å². The number of nitrogen functional groups attached to an aromatic ring is 1. The molecule has 0 saturated heterocycles. The van der Waals surface area contributed by atoms with E-state index >= 15 is 0 Å². The highest BCUT2D eigenvalue weighted by Gasteiger charge is 2.16. The molecule has 16 heavy (non-hydrogen) atoms. The van der Waals surface area contributed by atoms with Gasteiger partial charge in [-0.05, 0) is 31.7 Å². The second kappa shape index (κ2) is 5.18. The van der Waals surface area contributed by atoms with Crippen molar-refractivity contribution in [2.75, 3.05) is 24.6 Å². The van der Waals surface area contributed by atoms with Crippen LogP contribution in [0.25, 0.3) is 0 Å². The second-order valence-corrected chi connectivity index (χ2v) is 5.24. The standard InChI is InChI=1S/C10H17N3O2S/c1-3-6-13-9-5-4-8(11)7-10(9)16(14,15)12-2/h4-5,7,12-13H,3,6,11H2,1-2H3. The Bertz CT molecular complexity index is 457. The first-order valence-electron chi connectivity index (χ1n) is 5.08. The molecule has 0 amide bonds. The molecule has 90 valence electrons. The summed E-state index contributed by atoms with van der Waals surface area (Å²) in [5.41, 5.74) is 6.59. The minimum atomic E-state index is -3.47. The van der Waals surface area contributed by atoms with Crippen molar-refractivity contribution in [1.29, 1.82) is 0 Å². The van der Waals surface area contributed by atoms with Crippen LogP contribution >= 0.6 is 0 Å². The summed E-state index contributed by atoms with van der Waals surface area (Å²) in [5, 5.41) is 3.06. The van der Waals surface area contributed by atoms with Crippen LogP contribution in [0, 0.1) is 0 Å². The minimum Gasteiger partial charge on any atom is -0.399 e. The maximum Gasteiger partial charge on any atom is 0.242 e. The van der Waals surface area contributed by atoms with Crippen LogP contribution in [0.4, 0.5) is 11.4 Å². The Hall–Kier alpha value is -1.27. The maximum atomic E-state index is 11.7. The molecule has 0 fully saturated rings. The van der Waals surface area contributed by atoms with Crippen molar-refractivity contribution in [3.63, 3.8) is 0 Å². The molecule has 0 aliphatic carbocycles. The summed E-state index contributed by atoms with van der Waals surface area (Å²) in [6.07, 6.45) is 0.920. The van der Waals surface area contributed by atoms with Crippen molar-refractivity contribution >= 4 is 21.4 Å². The van der Waals surface area contributed by atoms with Gasteiger partial charge in [0.25, 0.3) is 0 Å². The third-order valence-electron chi connectivity index (χ3n) is 2.13. The molecule has 0 unspecified atom stereocenters. The predicted octanol–water partition coefficient (Wildman–Crippen LogP) is 0.999. The van der Waals surface area contributed by atoms with Gasteiger partial charge in [-0.1, -0.05) is 6.92 Å². The van der Waals surface area contributed by atoms with E-state index in [1.54, 1.807) is 12.1 Å². The fourth-order valence-electron chi connectivity index (χ4n) is 1.28. The van der Waals surface area contributed by atoms with Crippen molar-refractivity contribution < 1.29 is 8.42 Å². The highest BCUT2D eigenvalue weighted by atomic mass is 32.2. The maximum absolute atomic E-state index is 11.7. The Labute approximate surface area is 96.1 Å². The summed E-state index contributed by atoms with van der Waals surface area (Å²) >= 11 is 0. The SMILES string of the molecule is CCCNc1ccc(N)cc1S(=O)(=O)NC. The molecule has 0 aliphatic rings. The first-order chi connectivity index (χ1) is 7.51. The topological polar surface area (TPSA) is 84.2 Å². The van der Waals surface area contributed by atoms with E-state index in [9.17, 15) is 8.42 Å². The molecular weight excluding hydrogens is 226 g/mol. The number of nitrogens with one attached hydrogen (secondary N) is 2. The Kier molecular flexibility index (Phi) is 4.14. The lowest BCUT2D eigenvalue weighted by Gasteiger charge is -2.12. The number of hydrogen-bond acceptors (Lipinski definition) is 4. The Balaban J connectivity index is 3.18. The summed E-state index contributed by atoms with van der Waals surface area (Å²) < 4.78 is 25.7. The van der Waals surface area contributed by atoms with Crippen LogP contribution in [0.5, 0.6) is 0 Å². The van der Waals surface area contributed by atoms with Gasteiger partial charge >= 0.3 is 0 Å². The average Bonchev–Trinajstić information content (AvgIpc) is 2.27. The van der Waals surface area contributed by atoms with Crippen LogP contribution < -0.4 is 15.8 Å². The summed E-state index contributed by atoms with van der Waals surface area (Å²) in [5.74, 6) is 0. The number of anilines is 2. The van der Waals surface area contributed by atoms with Crippen LogP contribution in [0.1, 0.15) is 13.3 Å². The molecular formula is C10H17N3O2S. The zero-order valence-corrected chi connectivity index (χ0v) is 10.3. The molecule has 0 heterocycles. The Morgan fingerprint density at radius 1 is 1.38 bits per heavy atom. The van der Waals surface area contributed by atoms with Crippen molar-refractivity contribution in [3.05, 3.63) is 18.2 Å². The van der Waals surface area contributed by atoms with Crippen LogP contribution in [-0.4, -0.2) is 22.0 Å². The first kappa shape index (κ1) is 12.8. The van der Waals surface area contributed by atoms with E-state index in [0.29, 0.717) is 11.4 Å². The van der Waals surface area contributed by atoms with Gasteiger partial charge in [0.1, 0.15) is 4.90 Å². The largest absolute Gasteiger partial charge is 0.399 e. The van der Waals surface area contributed by atoms with Gasteiger partial charge in [-0.3, -0.25) is 0 Å². The number of benzene rings is 1. The molecule has 1 aromatic carbocycles. The molecule has 6 heteroatoms. The van der Waals surface area contributed by atoms with Crippen LogP contribution in [-0.2, 0) is 10.0 Å². The number of nitrogens with two attached hydrogens (primary N) is 1. The summed E-state index contributed by atoms with van der Waals surface area (Å²) in [4.78, 5) is 0.184. The van der Waals surface area contributed by atoms with Gasteiger partial charge in [-0.2, -0.15) is 0 Å². The van der Waals surface area contributed by atoms with Crippen LogP contribution in [0.3, 0.4) is 0 Å². The van der Waals surface area contributed by atoms with E-state index < -0.39 is 10.0 Å². The molecule has 0 atom stereocenters. The minimum absolute atomic E-state index is 0.184. The van der Waals surface area contributed by atoms with E-state index in [2.05, 4.69) is 10.0 Å². The van der Waals surface area contributed by atoms with E-state index in [1.165, 1.54) is 13.1 Å². The zero-order valence-electron chi connectivity index (χ0n) is 9.45. The summed E-state index contributed by atoms with van der Waals surface area (Å²) in [6, 6.07) is 4.80. The van der Waals surface area contributed by atoms with Crippen molar-refractivity contribution in [2.45, 2.75) is 18.2 Å². The van der Waals surface area contributed by atoms with E-state index in [0.717, 1.165) is 13.0 Å². The number of hydrogen-bond donors (Lipinski definition) is 3. The normalized spacial score (nSPS) is 11.4. The molecule has 0 aromatic heterocycles. The lowest BCUT2D eigenvalue weighted by molar-refractivity contribution is 0.588. The Morgan fingerprint density at radius 2 is 2.06 bits per heavy atom. The monoisotopic (exact) mass is 243 g/mol. The molecule has 1 aromatic rings. The lowest BCUT2D eigenvalue weighted by Crippen LogP contribution is -2.20. The van der Waals surface area contributed by atoms with Gasteiger partial charge in [0.15, 0.2) is 0 Å². The van der Waals surface area contributed by atoms with Crippen molar-refractivity contribution in [3.8, 4) is 0 Å². The van der Waals surface area contributed by atoms with Crippen LogP contribution in [0.2, 0.25) is 0 Å². The fraction of sp³-hybridized carbons (Fsp3) is 0.400. The molecule has 0 saturated carbocycles. The van der Waals surface area contributed by atoms with Crippen LogP contribution in [0.15, 0.2) is 23.1 Å². The quantitative estimate of drug-likeness (QED) is 0.674. The molecule has 0 aliphatic heterocycles.